The van der Waals surface area contributed by atoms with Crippen LogP contribution in [0.15, 0.2) is 64.2 Å². The zero-order valence-corrected chi connectivity index (χ0v) is 15.3. The largest absolute Gasteiger partial charge is 0.384 e. The van der Waals surface area contributed by atoms with Gasteiger partial charge in [-0.15, -0.1) is 0 Å². The third-order valence-electron chi connectivity index (χ3n) is 5.25. The summed E-state index contributed by atoms with van der Waals surface area (Å²) in [4.78, 5) is 11.0. The number of aryl methyl sites for hydroxylation is 1. The number of rotatable bonds is 1. The minimum absolute atomic E-state index is 0.354. The van der Waals surface area contributed by atoms with Crippen molar-refractivity contribution in [1.29, 1.82) is 0 Å². The number of pyridine rings is 1. The maximum Gasteiger partial charge on any atom is 0.170 e. The lowest BCUT2D eigenvalue weighted by Gasteiger charge is -2.32. The molecule has 0 saturated carbocycles. The predicted molar refractivity (Wildman–Crippen MR) is 103 cm³/mol. The Morgan fingerprint density at radius 3 is 2.76 bits per heavy atom. The van der Waals surface area contributed by atoms with E-state index in [0.29, 0.717) is 0 Å². The third-order valence-corrected chi connectivity index (χ3v) is 5.78. The van der Waals surface area contributed by atoms with Gasteiger partial charge in [0, 0.05) is 27.5 Å². The molecule has 5 rings (SSSR count). The Bertz CT molecular complexity index is 996. The Morgan fingerprint density at radius 1 is 1.04 bits per heavy atom. The van der Waals surface area contributed by atoms with Gasteiger partial charge in [-0.1, -0.05) is 51.4 Å². The first-order chi connectivity index (χ1) is 12.2. The fourth-order valence-electron chi connectivity index (χ4n) is 3.97. The Labute approximate surface area is 154 Å². The first kappa shape index (κ1) is 15.1. The van der Waals surface area contributed by atoms with E-state index >= 15 is 0 Å². The minimum Gasteiger partial charge on any atom is -0.384 e. The molecule has 4 heteroatoms. The number of aromatic nitrogens is 1. The van der Waals surface area contributed by atoms with Crippen molar-refractivity contribution in [1.82, 2.24) is 4.98 Å². The van der Waals surface area contributed by atoms with Crippen LogP contribution in [0.2, 0.25) is 0 Å². The summed E-state index contributed by atoms with van der Waals surface area (Å²) in [6.07, 6.45) is 3.89. The van der Waals surface area contributed by atoms with Crippen molar-refractivity contribution in [2.75, 3.05) is 0 Å². The smallest absolute Gasteiger partial charge is 0.170 e. The Hall–Kier alpha value is -2.20. The zero-order chi connectivity index (χ0) is 16.9. The lowest BCUT2D eigenvalue weighted by Crippen LogP contribution is -2.31. The second-order valence-corrected chi connectivity index (χ2v) is 7.75. The molecule has 1 atom stereocenters. The minimum atomic E-state index is -0.354. The molecule has 3 nitrogen and oxygen atoms in total. The first-order valence-electron chi connectivity index (χ1n) is 8.64. The van der Waals surface area contributed by atoms with Gasteiger partial charge in [-0.25, -0.2) is 0 Å². The molecule has 2 heterocycles. The van der Waals surface area contributed by atoms with Gasteiger partial charge in [-0.2, -0.15) is 0 Å². The van der Waals surface area contributed by atoms with Crippen molar-refractivity contribution in [3.63, 3.8) is 0 Å². The molecule has 0 N–H and O–H groups in total. The van der Waals surface area contributed by atoms with Crippen LogP contribution >= 0.6 is 15.9 Å². The van der Waals surface area contributed by atoms with E-state index in [0.717, 1.165) is 52.6 Å². The monoisotopic (exact) mass is 392 g/mol. The SMILES string of the molecule is Brc1ccc(C2=NO[C@@]3(CCCc4nc5ccccc5cc43)C2)cc1. The molecule has 1 aromatic heterocycles. The van der Waals surface area contributed by atoms with E-state index in [4.69, 9.17) is 9.82 Å². The number of benzene rings is 2. The van der Waals surface area contributed by atoms with Crippen LogP contribution in [-0.2, 0) is 16.9 Å². The summed E-state index contributed by atoms with van der Waals surface area (Å²) in [6, 6.07) is 18.8. The van der Waals surface area contributed by atoms with Crippen molar-refractivity contribution in [2.24, 2.45) is 5.16 Å². The number of halogens is 1. The number of hydrogen-bond donors (Lipinski definition) is 0. The molecular weight excluding hydrogens is 376 g/mol. The van der Waals surface area contributed by atoms with Crippen molar-refractivity contribution in [3.8, 4) is 0 Å². The zero-order valence-electron chi connectivity index (χ0n) is 13.7. The fourth-order valence-corrected chi connectivity index (χ4v) is 4.23. The number of nitrogens with zero attached hydrogens (tertiary/aromatic N) is 2. The van der Waals surface area contributed by atoms with Crippen LogP contribution < -0.4 is 0 Å². The van der Waals surface area contributed by atoms with Crippen LogP contribution in [0.1, 0.15) is 36.1 Å². The molecule has 2 aliphatic rings. The highest BCUT2D eigenvalue weighted by molar-refractivity contribution is 9.10. The van der Waals surface area contributed by atoms with E-state index in [1.807, 2.05) is 18.2 Å². The quantitative estimate of drug-likeness (QED) is 0.558. The van der Waals surface area contributed by atoms with Crippen molar-refractivity contribution < 1.29 is 4.84 Å². The van der Waals surface area contributed by atoms with Gasteiger partial charge in [0.1, 0.15) is 0 Å². The molecule has 1 aliphatic heterocycles. The molecule has 1 spiro atoms. The van der Waals surface area contributed by atoms with Crippen LogP contribution in [0.4, 0.5) is 0 Å². The molecule has 0 radical (unpaired) electrons. The van der Waals surface area contributed by atoms with Crippen molar-refractivity contribution >= 4 is 32.5 Å². The average Bonchev–Trinajstić information content (AvgIpc) is 3.06. The van der Waals surface area contributed by atoms with Gasteiger partial charge in [0.25, 0.3) is 0 Å². The topological polar surface area (TPSA) is 34.5 Å². The molecular formula is C21H17BrN2O. The van der Waals surface area contributed by atoms with Gasteiger partial charge in [0.2, 0.25) is 0 Å². The molecule has 2 aromatic carbocycles. The van der Waals surface area contributed by atoms with E-state index in [9.17, 15) is 0 Å². The van der Waals surface area contributed by atoms with E-state index < -0.39 is 0 Å². The van der Waals surface area contributed by atoms with Gasteiger partial charge in [-0.3, -0.25) is 4.98 Å². The maximum atomic E-state index is 6.09. The number of para-hydroxylation sites is 1. The Kier molecular flexibility index (Phi) is 3.42. The molecule has 0 fully saturated rings. The van der Waals surface area contributed by atoms with E-state index in [1.54, 1.807) is 0 Å². The van der Waals surface area contributed by atoms with Crippen LogP contribution in [0, 0.1) is 0 Å². The van der Waals surface area contributed by atoms with Gasteiger partial charge < -0.3 is 4.84 Å². The molecule has 0 saturated heterocycles. The summed E-state index contributed by atoms with van der Waals surface area (Å²) in [6.45, 7) is 0. The average molecular weight is 393 g/mol. The maximum absolute atomic E-state index is 6.09. The van der Waals surface area contributed by atoms with Gasteiger partial charge in [0.05, 0.1) is 11.2 Å². The molecule has 0 unspecified atom stereocenters. The van der Waals surface area contributed by atoms with Gasteiger partial charge in [-0.05, 0) is 49.1 Å². The van der Waals surface area contributed by atoms with Gasteiger partial charge in [0.15, 0.2) is 5.60 Å². The summed E-state index contributed by atoms with van der Waals surface area (Å²) in [5, 5.41) is 5.63. The summed E-state index contributed by atoms with van der Waals surface area (Å²) in [7, 11) is 0. The van der Waals surface area contributed by atoms with Crippen molar-refractivity contribution in [2.45, 2.75) is 31.3 Å². The van der Waals surface area contributed by atoms with Crippen molar-refractivity contribution in [3.05, 3.63) is 75.9 Å². The molecule has 1 aliphatic carbocycles. The van der Waals surface area contributed by atoms with E-state index in [2.05, 4.69) is 57.5 Å². The number of hydrogen-bond acceptors (Lipinski definition) is 3. The highest BCUT2D eigenvalue weighted by atomic mass is 79.9. The summed E-state index contributed by atoms with van der Waals surface area (Å²) < 4.78 is 1.07. The van der Waals surface area contributed by atoms with Gasteiger partial charge >= 0.3 is 0 Å². The predicted octanol–water partition coefficient (Wildman–Crippen LogP) is 5.35. The standard InChI is InChI=1S/C21H17BrN2O/c22-16-9-7-14(8-10-16)20-13-21(25-24-20)11-3-6-19-17(21)12-15-4-1-2-5-18(15)23-19/h1-2,4-5,7-10,12H,3,6,11,13H2/t21-/m0/s1. The normalized spacial score (nSPS) is 21.9. The summed E-state index contributed by atoms with van der Waals surface area (Å²) in [5.41, 5.74) is 5.23. The Balaban J connectivity index is 1.56. The number of oxime groups is 1. The molecule has 25 heavy (non-hydrogen) atoms. The Morgan fingerprint density at radius 2 is 1.88 bits per heavy atom. The lowest BCUT2D eigenvalue weighted by molar-refractivity contribution is -0.0366. The van der Waals surface area contributed by atoms with Crippen LogP contribution in [0.3, 0.4) is 0 Å². The highest BCUT2D eigenvalue weighted by Gasteiger charge is 2.45. The van der Waals surface area contributed by atoms with Crippen LogP contribution in [0.25, 0.3) is 10.9 Å². The van der Waals surface area contributed by atoms with E-state index in [-0.39, 0.29) is 5.60 Å². The summed E-state index contributed by atoms with van der Waals surface area (Å²) in [5.74, 6) is 0. The number of fused-ring (bicyclic) bond motifs is 3. The fraction of sp³-hybridized carbons (Fsp3) is 0.238. The summed E-state index contributed by atoms with van der Waals surface area (Å²) >= 11 is 3.49. The molecule has 124 valence electrons. The van der Waals surface area contributed by atoms with Crippen LogP contribution in [-0.4, -0.2) is 10.7 Å². The molecule has 3 aromatic rings. The molecule has 0 amide bonds. The van der Waals surface area contributed by atoms with E-state index in [1.165, 1.54) is 10.9 Å². The lowest BCUT2D eigenvalue weighted by atomic mass is 9.77. The van der Waals surface area contributed by atoms with Crippen LogP contribution in [0.5, 0.6) is 0 Å². The molecule has 0 bridgehead atoms. The second kappa shape index (κ2) is 5.67. The highest BCUT2D eigenvalue weighted by Crippen LogP contribution is 2.45. The third kappa shape index (κ3) is 2.47. The second-order valence-electron chi connectivity index (χ2n) is 6.84. The first-order valence-corrected chi connectivity index (χ1v) is 9.43.